The maximum Gasteiger partial charge on any atom is 0.254 e. The minimum atomic E-state index is 0.105. The van der Waals surface area contributed by atoms with Crippen molar-refractivity contribution in [2.45, 2.75) is 6.42 Å². The zero-order chi connectivity index (χ0) is 10.8. The first-order valence-electron chi connectivity index (χ1n) is 4.87. The van der Waals surface area contributed by atoms with E-state index in [4.69, 9.17) is 0 Å². The van der Waals surface area contributed by atoms with Gasteiger partial charge in [0.1, 0.15) is 0 Å². The maximum absolute atomic E-state index is 11.9. The monoisotopic (exact) mass is 265 g/mol. The van der Waals surface area contributed by atoms with Gasteiger partial charge in [-0.15, -0.1) is 0 Å². The fourth-order valence-corrected chi connectivity index (χ4v) is 2.20. The van der Waals surface area contributed by atoms with Crippen molar-refractivity contribution >= 4 is 26.8 Å². The zero-order valence-electron chi connectivity index (χ0n) is 8.53. The summed E-state index contributed by atoms with van der Waals surface area (Å²) in [5.74, 6) is 0. The summed E-state index contributed by atoms with van der Waals surface area (Å²) < 4.78 is 1.72. The largest absolute Gasteiger partial charge is 0.311 e. The Morgan fingerprint density at radius 3 is 2.80 bits per heavy atom. The van der Waals surface area contributed by atoms with Gasteiger partial charge in [0.15, 0.2) is 0 Å². The summed E-state index contributed by atoms with van der Waals surface area (Å²) in [6, 6.07) is 9.93. The number of nitrogens with zero attached hydrogens (tertiary/aromatic N) is 1. The molecule has 15 heavy (non-hydrogen) atoms. The number of aromatic nitrogens is 1. The Kier molecular flexibility index (Phi) is 2.91. The van der Waals surface area contributed by atoms with Gasteiger partial charge in [-0.05, 0) is 23.9 Å². The highest BCUT2D eigenvalue weighted by molar-refractivity contribution is 9.09. The predicted molar refractivity (Wildman–Crippen MR) is 66.7 cm³/mol. The van der Waals surface area contributed by atoms with Crippen LogP contribution in [0.2, 0.25) is 0 Å². The van der Waals surface area contributed by atoms with Crippen molar-refractivity contribution in [3.8, 4) is 0 Å². The molecule has 0 amide bonds. The topological polar surface area (TPSA) is 22.0 Å². The van der Waals surface area contributed by atoms with Crippen molar-refractivity contribution < 1.29 is 0 Å². The summed E-state index contributed by atoms with van der Waals surface area (Å²) in [6.45, 7) is 0. The second-order valence-electron chi connectivity index (χ2n) is 3.53. The SMILES string of the molecule is Cn1c(=O)c(CCBr)cc2ccccc21. The van der Waals surface area contributed by atoms with Crippen LogP contribution in [0.25, 0.3) is 10.9 Å². The number of para-hydroxylation sites is 1. The van der Waals surface area contributed by atoms with Crippen LogP contribution >= 0.6 is 15.9 Å². The normalized spacial score (nSPS) is 10.8. The minimum absolute atomic E-state index is 0.105. The van der Waals surface area contributed by atoms with Gasteiger partial charge in [0.05, 0.1) is 5.52 Å². The van der Waals surface area contributed by atoms with Crippen LogP contribution in [0.4, 0.5) is 0 Å². The molecule has 0 fully saturated rings. The Morgan fingerprint density at radius 2 is 2.07 bits per heavy atom. The quantitative estimate of drug-likeness (QED) is 0.765. The number of hydrogen-bond donors (Lipinski definition) is 0. The molecule has 0 atom stereocenters. The smallest absolute Gasteiger partial charge is 0.254 e. The highest BCUT2D eigenvalue weighted by Crippen LogP contribution is 2.12. The molecule has 0 unspecified atom stereocenters. The fourth-order valence-electron chi connectivity index (χ4n) is 1.77. The average molecular weight is 266 g/mol. The van der Waals surface area contributed by atoms with Crippen LogP contribution in [0.15, 0.2) is 35.1 Å². The molecule has 2 nitrogen and oxygen atoms in total. The number of rotatable bonds is 2. The Labute approximate surface area is 96.7 Å². The molecule has 0 saturated carbocycles. The minimum Gasteiger partial charge on any atom is -0.311 e. The third kappa shape index (κ3) is 1.84. The number of hydrogen-bond acceptors (Lipinski definition) is 1. The first kappa shape index (κ1) is 10.4. The van der Waals surface area contributed by atoms with Gasteiger partial charge >= 0.3 is 0 Å². The van der Waals surface area contributed by atoms with E-state index in [-0.39, 0.29) is 5.56 Å². The second kappa shape index (κ2) is 4.19. The number of pyridine rings is 1. The molecule has 0 saturated heterocycles. The first-order chi connectivity index (χ1) is 7.24. The molecule has 2 aromatic rings. The van der Waals surface area contributed by atoms with Crippen LogP contribution in [0.3, 0.4) is 0 Å². The van der Waals surface area contributed by atoms with Gasteiger partial charge < -0.3 is 4.57 Å². The third-order valence-electron chi connectivity index (χ3n) is 2.57. The lowest BCUT2D eigenvalue weighted by Gasteiger charge is -2.07. The maximum atomic E-state index is 11.9. The van der Waals surface area contributed by atoms with Crippen LogP contribution in [0, 0.1) is 0 Å². The van der Waals surface area contributed by atoms with Gasteiger partial charge in [0.25, 0.3) is 5.56 Å². The van der Waals surface area contributed by atoms with E-state index in [1.807, 2.05) is 37.4 Å². The molecule has 0 N–H and O–H groups in total. The van der Waals surface area contributed by atoms with Crippen molar-refractivity contribution in [1.82, 2.24) is 4.57 Å². The van der Waals surface area contributed by atoms with Crippen molar-refractivity contribution in [3.05, 3.63) is 46.2 Å². The van der Waals surface area contributed by atoms with E-state index in [0.717, 1.165) is 28.2 Å². The summed E-state index contributed by atoms with van der Waals surface area (Å²) >= 11 is 3.36. The highest BCUT2D eigenvalue weighted by atomic mass is 79.9. The van der Waals surface area contributed by atoms with E-state index < -0.39 is 0 Å². The van der Waals surface area contributed by atoms with Gasteiger partial charge in [-0.25, -0.2) is 0 Å². The first-order valence-corrected chi connectivity index (χ1v) is 6.00. The molecule has 1 heterocycles. The number of fused-ring (bicyclic) bond motifs is 1. The van der Waals surface area contributed by atoms with Crippen LogP contribution in [0.5, 0.6) is 0 Å². The zero-order valence-corrected chi connectivity index (χ0v) is 10.1. The van der Waals surface area contributed by atoms with E-state index in [0.29, 0.717) is 0 Å². The van der Waals surface area contributed by atoms with Gasteiger partial charge in [-0.2, -0.15) is 0 Å². The molecule has 3 heteroatoms. The summed E-state index contributed by atoms with van der Waals surface area (Å²) in [4.78, 5) is 11.9. The number of alkyl halides is 1. The van der Waals surface area contributed by atoms with Gasteiger partial charge in [-0.1, -0.05) is 34.1 Å². The molecule has 0 spiro atoms. The lowest BCUT2D eigenvalue weighted by atomic mass is 10.1. The van der Waals surface area contributed by atoms with E-state index in [1.54, 1.807) is 4.57 Å². The van der Waals surface area contributed by atoms with Crippen molar-refractivity contribution in [1.29, 1.82) is 0 Å². The number of halogens is 1. The lowest BCUT2D eigenvalue weighted by Crippen LogP contribution is -2.21. The molecule has 0 radical (unpaired) electrons. The lowest BCUT2D eigenvalue weighted by molar-refractivity contribution is 0.879. The fraction of sp³-hybridized carbons (Fsp3) is 0.250. The Hall–Kier alpha value is -1.09. The van der Waals surface area contributed by atoms with E-state index in [1.165, 1.54) is 0 Å². The van der Waals surface area contributed by atoms with Gasteiger partial charge in [0, 0.05) is 17.9 Å². The molecule has 1 aromatic carbocycles. The molecule has 2 rings (SSSR count). The van der Waals surface area contributed by atoms with Crippen LogP contribution in [0.1, 0.15) is 5.56 Å². The highest BCUT2D eigenvalue weighted by Gasteiger charge is 2.04. The van der Waals surface area contributed by atoms with Crippen LogP contribution in [-0.4, -0.2) is 9.90 Å². The molecule has 1 aromatic heterocycles. The van der Waals surface area contributed by atoms with Crippen molar-refractivity contribution in [2.24, 2.45) is 7.05 Å². The summed E-state index contributed by atoms with van der Waals surface area (Å²) in [5, 5.41) is 1.94. The number of aryl methyl sites for hydroxylation is 2. The third-order valence-corrected chi connectivity index (χ3v) is 2.97. The molecule has 0 bridgehead atoms. The summed E-state index contributed by atoms with van der Waals surface area (Å²) in [7, 11) is 1.82. The Bertz CT molecular complexity index is 545. The average Bonchev–Trinajstić information content (AvgIpc) is 2.26. The molecule has 0 aliphatic rings. The van der Waals surface area contributed by atoms with E-state index >= 15 is 0 Å². The Morgan fingerprint density at radius 1 is 1.33 bits per heavy atom. The van der Waals surface area contributed by atoms with Crippen molar-refractivity contribution in [3.63, 3.8) is 0 Å². The van der Waals surface area contributed by atoms with E-state index in [9.17, 15) is 4.79 Å². The number of benzene rings is 1. The molecular formula is C12H12BrNO. The summed E-state index contributed by atoms with van der Waals surface area (Å²) in [6.07, 6.45) is 0.775. The molecule has 78 valence electrons. The molecule has 0 aliphatic heterocycles. The second-order valence-corrected chi connectivity index (χ2v) is 4.32. The molecular weight excluding hydrogens is 254 g/mol. The predicted octanol–water partition coefficient (Wildman–Crippen LogP) is 2.48. The van der Waals surface area contributed by atoms with Crippen LogP contribution < -0.4 is 5.56 Å². The Balaban J connectivity index is 2.77. The molecule has 0 aliphatic carbocycles. The standard InChI is InChI=1S/C12H12BrNO/c1-14-11-5-3-2-4-9(11)8-10(6-7-13)12(14)15/h2-5,8H,6-7H2,1H3. The van der Waals surface area contributed by atoms with Gasteiger partial charge in [0.2, 0.25) is 0 Å². The van der Waals surface area contributed by atoms with E-state index in [2.05, 4.69) is 15.9 Å². The van der Waals surface area contributed by atoms with Crippen LogP contribution in [-0.2, 0) is 13.5 Å². The van der Waals surface area contributed by atoms with Crippen molar-refractivity contribution in [2.75, 3.05) is 5.33 Å². The summed E-state index contributed by atoms with van der Waals surface area (Å²) in [5.41, 5.74) is 1.96. The van der Waals surface area contributed by atoms with Gasteiger partial charge in [-0.3, -0.25) is 4.79 Å².